The summed E-state index contributed by atoms with van der Waals surface area (Å²) >= 11 is 1.89. The molecule has 0 saturated heterocycles. The highest BCUT2D eigenvalue weighted by Gasteiger charge is 2.12. The van der Waals surface area contributed by atoms with Gasteiger partial charge in [0.15, 0.2) is 0 Å². The molecule has 74 valence electrons. The fraction of sp³-hybridized carbons (Fsp3) is 1.00. The molecular formula is C9H21NOS. The highest BCUT2D eigenvalue weighted by Crippen LogP contribution is 2.18. The first-order valence-corrected chi connectivity index (χ1v) is 5.54. The van der Waals surface area contributed by atoms with Crippen molar-refractivity contribution >= 4 is 11.8 Å². The maximum absolute atomic E-state index is 9.42. The van der Waals surface area contributed by atoms with Crippen molar-refractivity contribution in [1.29, 1.82) is 0 Å². The Labute approximate surface area is 79.9 Å². The Morgan fingerprint density at radius 2 is 2.08 bits per heavy atom. The van der Waals surface area contributed by atoms with Gasteiger partial charge >= 0.3 is 0 Å². The van der Waals surface area contributed by atoms with Crippen LogP contribution in [0.4, 0.5) is 0 Å². The van der Waals surface area contributed by atoms with Crippen LogP contribution in [-0.2, 0) is 0 Å². The lowest BCUT2D eigenvalue weighted by molar-refractivity contribution is 0.0777. The smallest absolute Gasteiger partial charge is 0.0599 e. The maximum atomic E-state index is 9.42. The summed E-state index contributed by atoms with van der Waals surface area (Å²) in [6.07, 6.45) is 1.92. The minimum Gasteiger partial charge on any atom is -0.390 e. The van der Waals surface area contributed by atoms with E-state index >= 15 is 0 Å². The molecule has 0 amide bonds. The third-order valence-electron chi connectivity index (χ3n) is 1.69. The molecule has 0 aliphatic carbocycles. The second-order valence-electron chi connectivity index (χ2n) is 3.82. The lowest BCUT2D eigenvalue weighted by Crippen LogP contribution is -2.20. The summed E-state index contributed by atoms with van der Waals surface area (Å²) in [6, 6.07) is 0. The van der Waals surface area contributed by atoms with E-state index in [1.807, 2.05) is 25.6 Å². The van der Waals surface area contributed by atoms with Crippen molar-refractivity contribution in [3.05, 3.63) is 0 Å². The zero-order valence-electron chi connectivity index (χ0n) is 8.34. The molecule has 0 aromatic rings. The van der Waals surface area contributed by atoms with Crippen molar-refractivity contribution in [3.8, 4) is 0 Å². The van der Waals surface area contributed by atoms with Crippen LogP contribution in [-0.4, -0.2) is 28.3 Å². The molecule has 3 heteroatoms. The van der Waals surface area contributed by atoms with Crippen LogP contribution < -0.4 is 5.73 Å². The quantitative estimate of drug-likeness (QED) is 0.670. The molecule has 0 saturated carbocycles. The van der Waals surface area contributed by atoms with Crippen molar-refractivity contribution in [2.24, 2.45) is 5.73 Å². The third kappa shape index (κ3) is 8.37. The van der Waals surface area contributed by atoms with Gasteiger partial charge in [-0.15, -0.1) is 0 Å². The first kappa shape index (κ1) is 12.3. The van der Waals surface area contributed by atoms with Crippen LogP contribution in [0.25, 0.3) is 0 Å². The molecule has 12 heavy (non-hydrogen) atoms. The molecule has 0 rings (SSSR count). The van der Waals surface area contributed by atoms with Crippen molar-refractivity contribution in [3.63, 3.8) is 0 Å². The molecule has 3 N–H and O–H groups in total. The molecule has 0 aromatic heterocycles. The molecule has 0 heterocycles. The SMILES string of the molecule is CC(CCN)SCCC(C)(C)O. The van der Waals surface area contributed by atoms with Gasteiger partial charge in [-0.3, -0.25) is 0 Å². The molecule has 1 atom stereocenters. The summed E-state index contributed by atoms with van der Waals surface area (Å²) in [5, 5.41) is 10.0. The Hall–Kier alpha value is 0.270. The van der Waals surface area contributed by atoms with E-state index in [2.05, 4.69) is 6.92 Å². The molecule has 2 nitrogen and oxygen atoms in total. The molecule has 0 aliphatic rings. The van der Waals surface area contributed by atoms with E-state index in [9.17, 15) is 5.11 Å². The minimum absolute atomic E-state index is 0.518. The number of hydrogen-bond donors (Lipinski definition) is 2. The highest BCUT2D eigenvalue weighted by molar-refractivity contribution is 7.99. The third-order valence-corrected chi connectivity index (χ3v) is 2.93. The van der Waals surface area contributed by atoms with Crippen molar-refractivity contribution in [1.82, 2.24) is 0 Å². The zero-order chi connectivity index (χ0) is 9.61. The Morgan fingerprint density at radius 3 is 2.50 bits per heavy atom. The summed E-state index contributed by atoms with van der Waals surface area (Å²) in [6.45, 7) is 6.64. The molecule has 1 unspecified atom stereocenters. The van der Waals surface area contributed by atoms with Gasteiger partial charge in [0.2, 0.25) is 0 Å². The first-order valence-electron chi connectivity index (χ1n) is 4.50. The molecular weight excluding hydrogens is 170 g/mol. The fourth-order valence-electron chi connectivity index (χ4n) is 0.828. The van der Waals surface area contributed by atoms with Gasteiger partial charge in [-0.05, 0) is 39.0 Å². The maximum Gasteiger partial charge on any atom is 0.0599 e. The molecule has 0 spiro atoms. The van der Waals surface area contributed by atoms with Crippen LogP contribution in [0.5, 0.6) is 0 Å². The van der Waals surface area contributed by atoms with Crippen LogP contribution in [0.1, 0.15) is 33.6 Å². The van der Waals surface area contributed by atoms with E-state index in [0.717, 1.165) is 25.1 Å². The van der Waals surface area contributed by atoms with Gasteiger partial charge in [-0.25, -0.2) is 0 Å². The van der Waals surface area contributed by atoms with Gasteiger partial charge in [0, 0.05) is 5.25 Å². The predicted octanol–water partition coefficient (Wildman–Crippen LogP) is 1.62. The summed E-state index contributed by atoms with van der Waals surface area (Å²) < 4.78 is 0. The van der Waals surface area contributed by atoms with Gasteiger partial charge in [-0.2, -0.15) is 11.8 Å². The first-order chi connectivity index (χ1) is 5.45. The van der Waals surface area contributed by atoms with Crippen LogP contribution >= 0.6 is 11.8 Å². The van der Waals surface area contributed by atoms with Crippen molar-refractivity contribution < 1.29 is 5.11 Å². The standard InChI is InChI=1S/C9H21NOS/c1-8(4-6-10)12-7-5-9(2,3)11/h8,11H,4-7,10H2,1-3H3. The summed E-state index contributed by atoms with van der Waals surface area (Å²) in [5.74, 6) is 1.02. The zero-order valence-corrected chi connectivity index (χ0v) is 9.16. The average Bonchev–Trinajstić information content (AvgIpc) is 1.84. The van der Waals surface area contributed by atoms with Crippen LogP contribution in [0, 0.1) is 0 Å². The van der Waals surface area contributed by atoms with E-state index in [1.54, 1.807) is 0 Å². The van der Waals surface area contributed by atoms with E-state index in [4.69, 9.17) is 5.73 Å². The molecule has 0 bridgehead atoms. The van der Waals surface area contributed by atoms with Crippen molar-refractivity contribution in [2.45, 2.75) is 44.5 Å². The second kappa shape index (κ2) is 5.84. The van der Waals surface area contributed by atoms with Gasteiger partial charge < -0.3 is 10.8 Å². The molecule has 0 radical (unpaired) electrons. The second-order valence-corrected chi connectivity index (χ2v) is 5.37. The molecule has 0 aliphatic heterocycles. The van der Waals surface area contributed by atoms with Crippen LogP contribution in [0.2, 0.25) is 0 Å². The fourth-order valence-corrected chi connectivity index (χ4v) is 2.15. The topological polar surface area (TPSA) is 46.2 Å². The normalized spacial score (nSPS) is 14.8. The summed E-state index contributed by atoms with van der Waals surface area (Å²) in [7, 11) is 0. The van der Waals surface area contributed by atoms with Gasteiger partial charge in [0.25, 0.3) is 0 Å². The number of hydrogen-bond acceptors (Lipinski definition) is 3. The van der Waals surface area contributed by atoms with Gasteiger partial charge in [-0.1, -0.05) is 6.92 Å². The number of rotatable bonds is 6. The minimum atomic E-state index is -0.518. The van der Waals surface area contributed by atoms with Crippen molar-refractivity contribution in [2.75, 3.05) is 12.3 Å². The Bertz CT molecular complexity index is 112. The Morgan fingerprint density at radius 1 is 1.50 bits per heavy atom. The van der Waals surface area contributed by atoms with E-state index in [0.29, 0.717) is 5.25 Å². The molecule has 0 fully saturated rings. The number of aliphatic hydroxyl groups is 1. The Balaban J connectivity index is 3.31. The van der Waals surface area contributed by atoms with Gasteiger partial charge in [0.1, 0.15) is 0 Å². The van der Waals surface area contributed by atoms with Gasteiger partial charge in [0.05, 0.1) is 5.60 Å². The van der Waals surface area contributed by atoms with Crippen LogP contribution in [0.3, 0.4) is 0 Å². The monoisotopic (exact) mass is 191 g/mol. The van der Waals surface area contributed by atoms with Crippen LogP contribution in [0.15, 0.2) is 0 Å². The molecule has 0 aromatic carbocycles. The largest absolute Gasteiger partial charge is 0.390 e. The number of nitrogens with two attached hydrogens (primary N) is 1. The van der Waals surface area contributed by atoms with E-state index in [1.165, 1.54) is 0 Å². The average molecular weight is 191 g/mol. The Kier molecular flexibility index (Phi) is 5.97. The number of thioether (sulfide) groups is 1. The lowest BCUT2D eigenvalue weighted by Gasteiger charge is -2.17. The van der Waals surface area contributed by atoms with E-state index in [-0.39, 0.29) is 0 Å². The highest BCUT2D eigenvalue weighted by atomic mass is 32.2. The summed E-state index contributed by atoms with van der Waals surface area (Å²) in [5.41, 5.74) is 4.91. The predicted molar refractivity (Wildman–Crippen MR) is 56.5 cm³/mol. The summed E-state index contributed by atoms with van der Waals surface area (Å²) in [4.78, 5) is 0. The lowest BCUT2D eigenvalue weighted by atomic mass is 10.1. The van der Waals surface area contributed by atoms with E-state index < -0.39 is 5.60 Å².